The Hall–Kier alpha value is -4.71. The van der Waals surface area contributed by atoms with Crippen molar-refractivity contribution in [3.63, 3.8) is 0 Å². The fourth-order valence-electron chi connectivity index (χ4n) is 3.07. The summed E-state index contributed by atoms with van der Waals surface area (Å²) in [6.07, 6.45) is 3.60. The number of ether oxygens (including phenoxy) is 1. The first-order valence-electron chi connectivity index (χ1n) is 10.3. The van der Waals surface area contributed by atoms with Gasteiger partial charge in [0, 0.05) is 17.7 Å². The maximum absolute atomic E-state index is 12.1. The van der Waals surface area contributed by atoms with Gasteiger partial charge in [0.15, 0.2) is 5.78 Å². The van der Waals surface area contributed by atoms with E-state index in [2.05, 4.69) is 0 Å². The van der Waals surface area contributed by atoms with Crippen LogP contribution < -0.4 is 4.74 Å². The van der Waals surface area contributed by atoms with Crippen molar-refractivity contribution in [2.24, 2.45) is 0 Å². The van der Waals surface area contributed by atoms with Crippen molar-refractivity contribution >= 4 is 17.9 Å². The second-order valence-electron chi connectivity index (χ2n) is 7.29. The molecule has 0 aliphatic rings. The highest BCUT2D eigenvalue weighted by molar-refractivity contribution is 6.10. The summed E-state index contributed by atoms with van der Waals surface area (Å²) in [7, 11) is 1.51. The lowest BCUT2D eigenvalue weighted by atomic mass is 10.0. The highest BCUT2D eigenvalue weighted by atomic mass is 16.5. The molecule has 0 amide bonds. The van der Waals surface area contributed by atoms with E-state index in [1.54, 1.807) is 78.9 Å². The molecule has 0 unspecified atom stereocenters. The van der Waals surface area contributed by atoms with Crippen LogP contribution in [0.4, 0.5) is 0 Å². The third-order valence-corrected chi connectivity index (χ3v) is 4.77. The summed E-state index contributed by atoms with van der Waals surface area (Å²) in [5, 5.41) is 37.5. The van der Waals surface area contributed by atoms with Crippen molar-refractivity contribution in [1.29, 1.82) is 0 Å². The van der Waals surface area contributed by atoms with Crippen LogP contribution in [0.1, 0.15) is 27.0 Å². The Kier molecular flexibility index (Phi) is 7.92. The topological polar surface area (TPSA) is 107 Å². The number of benzene rings is 4. The number of rotatable bonds is 5. The number of ketones is 1. The first kappa shape index (κ1) is 23.9. The van der Waals surface area contributed by atoms with E-state index in [1.807, 2.05) is 12.1 Å². The molecule has 6 nitrogen and oxygen atoms in total. The van der Waals surface area contributed by atoms with E-state index in [9.17, 15) is 20.1 Å². The predicted molar refractivity (Wildman–Crippen MR) is 131 cm³/mol. The standard InChI is InChI=1S/2C14H12O3/c1-17-11-7-8-12(13(15)9-11)14(16)10-5-3-2-4-6-10;15-12-5-3-10(4-6-12)1-2-11-7-13(16)9-14(17)8-11/h2-9,15H,1H3;1-9,15-17H. The fraction of sp³-hybridized carbons (Fsp3) is 0.0357. The molecule has 4 N–H and O–H groups in total. The number of hydrogen-bond acceptors (Lipinski definition) is 6. The molecule has 0 radical (unpaired) electrons. The molecule has 0 fully saturated rings. The molecule has 0 atom stereocenters. The molecule has 0 saturated carbocycles. The maximum atomic E-state index is 12.1. The third-order valence-electron chi connectivity index (χ3n) is 4.77. The SMILES string of the molecule is COc1ccc(C(=O)c2ccccc2)c(O)c1.Oc1ccc(C=Cc2cc(O)cc(O)c2)cc1. The van der Waals surface area contributed by atoms with Gasteiger partial charge in [0.1, 0.15) is 28.7 Å². The largest absolute Gasteiger partial charge is 0.508 e. The van der Waals surface area contributed by atoms with Crippen molar-refractivity contribution in [1.82, 2.24) is 0 Å². The second kappa shape index (κ2) is 11.2. The number of aromatic hydroxyl groups is 4. The summed E-state index contributed by atoms with van der Waals surface area (Å²) in [5.41, 5.74) is 2.45. The van der Waals surface area contributed by atoms with Crippen molar-refractivity contribution in [3.05, 3.63) is 113 Å². The van der Waals surface area contributed by atoms with Crippen LogP contribution in [0, 0.1) is 0 Å². The molecule has 0 aliphatic heterocycles. The van der Waals surface area contributed by atoms with Crippen molar-refractivity contribution in [2.45, 2.75) is 0 Å². The third kappa shape index (κ3) is 6.64. The molecular formula is C28H24O6. The number of carbonyl (C=O) groups excluding carboxylic acids is 1. The summed E-state index contributed by atoms with van der Waals surface area (Å²) in [6.45, 7) is 0. The zero-order chi connectivity index (χ0) is 24.5. The molecule has 0 spiro atoms. The lowest BCUT2D eigenvalue weighted by Gasteiger charge is -2.06. The van der Waals surface area contributed by atoms with Gasteiger partial charge in [0.05, 0.1) is 12.7 Å². The highest BCUT2D eigenvalue weighted by Crippen LogP contribution is 2.25. The number of phenolic OH excluding ortho intramolecular Hbond substituents is 4. The van der Waals surface area contributed by atoms with Gasteiger partial charge >= 0.3 is 0 Å². The van der Waals surface area contributed by atoms with Crippen LogP contribution in [0.3, 0.4) is 0 Å². The van der Waals surface area contributed by atoms with Crippen LogP contribution in [0.2, 0.25) is 0 Å². The van der Waals surface area contributed by atoms with Gasteiger partial charge in [0.2, 0.25) is 0 Å². The Morgan fingerprint density at radius 1 is 0.676 bits per heavy atom. The number of hydrogen-bond donors (Lipinski definition) is 4. The summed E-state index contributed by atoms with van der Waals surface area (Å²) < 4.78 is 4.96. The van der Waals surface area contributed by atoms with Gasteiger partial charge in [-0.05, 0) is 47.5 Å². The summed E-state index contributed by atoms with van der Waals surface area (Å²) in [5.74, 6) is 0.513. The Balaban J connectivity index is 0.000000191. The average molecular weight is 456 g/mol. The molecule has 0 saturated heterocycles. The maximum Gasteiger partial charge on any atom is 0.196 e. The second-order valence-corrected chi connectivity index (χ2v) is 7.29. The summed E-state index contributed by atoms with van der Waals surface area (Å²) >= 11 is 0. The molecule has 0 aliphatic carbocycles. The van der Waals surface area contributed by atoms with Crippen LogP contribution in [0.5, 0.6) is 28.7 Å². The van der Waals surface area contributed by atoms with Crippen LogP contribution in [-0.2, 0) is 0 Å². The first-order chi connectivity index (χ1) is 16.4. The van der Waals surface area contributed by atoms with Crippen molar-refractivity contribution in [2.75, 3.05) is 7.11 Å². The van der Waals surface area contributed by atoms with E-state index < -0.39 is 0 Å². The van der Waals surface area contributed by atoms with Crippen LogP contribution in [0.25, 0.3) is 12.2 Å². The van der Waals surface area contributed by atoms with E-state index in [0.29, 0.717) is 16.9 Å². The lowest BCUT2D eigenvalue weighted by molar-refractivity contribution is 0.103. The molecule has 34 heavy (non-hydrogen) atoms. The monoisotopic (exact) mass is 456 g/mol. The van der Waals surface area contributed by atoms with Gasteiger partial charge in [-0.25, -0.2) is 0 Å². The van der Waals surface area contributed by atoms with E-state index >= 15 is 0 Å². The van der Waals surface area contributed by atoms with Gasteiger partial charge in [-0.1, -0.05) is 54.6 Å². The molecule has 4 aromatic rings. The molecule has 4 aromatic carbocycles. The molecule has 172 valence electrons. The minimum absolute atomic E-state index is 0.0235. The molecule has 6 heteroatoms. The molecule has 0 heterocycles. The van der Waals surface area contributed by atoms with Crippen LogP contribution in [0.15, 0.2) is 91.0 Å². The number of methoxy groups -OCH3 is 1. The summed E-state index contributed by atoms with van der Waals surface area (Å²) in [6, 6.07) is 24.6. The highest BCUT2D eigenvalue weighted by Gasteiger charge is 2.13. The van der Waals surface area contributed by atoms with Crippen LogP contribution in [-0.4, -0.2) is 33.3 Å². The van der Waals surface area contributed by atoms with Gasteiger partial charge in [-0.3, -0.25) is 4.79 Å². The lowest BCUT2D eigenvalue weighted by Crippen LogP contribution is -2.01. The molecular weight excluding hydrogens is 432 g/mol. The first-order valence-corrected chi connectivity index (χ1v) is 10.3. The van der Waals surface area contributed by atoms with E-state index in [-0.39, 0.29) is 34.3 Å². The quantitative estimate of drug-likeness (QED) is 0.230. The van der Waals surface area contributed by atoms with Gasteiger partial charge in [0.25, 0.3) is 0 Å². The van der Waals surface area contributed by atoms with E-state index in [4.69, 9.17) is 9.84 Å². The predicted octanol–water partition coefficient (Wildman–Crippen LogP) is 5.61. The Bertz CT molecular complexity index is 1260. The number of phenols is 4. The molecule has 0 bridgehead atoms. The summed E-state index contributed by atoms with van der Waals surface area (Å²) in [4.78, 5) is 12.1. The zero-order valence-corrected chi connectivity index (χ0v) is 18.4. The normalized spacial score (nSPS) is 10.4. The number of carbonyl (C=O) groups is 1. The van der Waals surface area contributed by atoms with E-state index in [1.165, 1.54) is 19.2 Å². The molecule has 0 aromatic heterocycles. The fourth-order valence-corrected chi connectivity index (χ4v) is 3.07. The van der Waals surface area contributed by atoms with Gasteiger partial charge in [-0.2, -0.15) is 0 Å². The Labute approximate surface area is 197 Å². The minimum atomic E-state index is -0.203. The smallest absolute Gasteiger partial charge is 0.196 e. The molecule has 4 rings (SSSR count). The van der Waals surface area contributed by atoms with Gasteiger partial charge < -0.3 is 25.2 Å². The van der Waals surface area contributed by atoms with Crippen LogP contribution >= 0.6 is 0 Å². The van der Waals surface area contributed by atoms with Crippen molar-refractivity contribution in [3.8, 4) is 28.7 Å². The van der Waals surface area contributed by atoms with Crippen molar-refractivity contribution < 1.29 is 30.0 Å². The Morgan fingerprint density at radius 3 is 1.88 bits per heavy atom. The van der Waals surface area contributed by atoms with Gasteiger partial charge in [-0.15, -0.1) is 0 Å². The minimum Gasteiger partial charge on any atom is -0.508 e. The zero-order valence-electron chi connectivity index (χ0n) is 18.4. The van der Waals surface area contributed by atoms with E-state index in [0.717, 1.165) is 5.56 Å². The average Bonchev–Trinajstić information content (AvgIpc) is 2.83. The Morgan fingerprint density at radius 2 is 1.29 bits per heavy atom.